The van der Waals surface area contributed by atoms with E-state index in [9.17, 15) is 9.90 Å². The molecule has 0 aromatic rings. The maximum Gasteiger partial charge on any atom is 0.151 e. The zero-order valence-electron chi connectivity index (χ0n) is 14.0. The lowest BCUT2D eigenvalue weighted by atomic mass is 10.0. The van der Waals surface area contributed by atoms with E-state index in [0.29, 0.717) is 6.29 Å². The zero-order chi connectivity index (χ0) is 18.2. The molecule has 4 atom stereocenters. The molecule has 0 fully saturated rings. The molecule has 6 heteroatoms. The van der Waals surface area contributed by atoms with Crippen molar-refractivity contribution in [2.75, 3.05) is 33.0 Å². The van der Waals surface area contributed by atoms with Crippen molar-refractivity contribution in [3.63, 3.8) is 0 Å². The summed E-state index contributed by atoms with van der Waals surface area (Å²) in [6.45, 7) is 14.8. The van der Waals surface area contributed by atoms with Crippen molar-refractivity contribution < 1.29 is 28.8 Å². The van der Waals surface area contributed by atoms with Gasteiger partial charge < -0.3 is 28.8 Å². The van der Waals surface area contributed by atoms with Crippen LogP contribution in [0, 0.1) is 0 Å². The van der Waals surface area contributed by atoms with E-state index in [4.69, 9.17) is 18.9 Å². The highest BCUT2D eigenvalue weighted by atomic mass is 16.6. The van der Waals surface area contributed by atoms with Crippen molar-refractivity contribution in [1.82, 2.24) is 0 Å². The van der Waals surface area contributed by atoms with Gasteiger partial charge in [-0.15, -0.1) is 26.3 Å². The van der Waals surface area contributed by atoms with Crippen molar-refractivity contribution in [3.8, 4) is 0 Å². The average Bonchev–Trinajstić information content (AvgIpc) is 2.61. The topological polar surface area (TPSA) is 74.2 Å². The lowest BCUT2D eigenvalue weighted by molar-refractivity contribution is -0.174. The molecule has 0 heterocycles. The number of aliphatic hydroxyl groups excluding tert-OH is 1. The third-order valence-electron chi connectivity index (χ3n) is 2.98. The second kappa shape index (κ2) is 15.0. The number of rotatable bonds is 17. The molecule has 1 N–H and O–H groups in total. The van der Waals surface area contributed by atoms with Crippen LogP contribution >= 0.6 is 0 Å². The summed E-state index contributed by atoms with van der Waals surface area (Å²) in [4.78, 5) is 11.5. The van der Waals surface area contributed by atoms with Gasteiger partial charge in [-0.25, -0.2) is 0 Å². The Kier molecular flexibility index (Phi) is 14.0. The second-order valence-corrected chi connectivity index (χ2v) is 4.74. The van der Waals surface area contributed by atoms with Crippen molar-refractivity contribution in [1.29, 1.82) is 0 Å². The first-order chi connectivity index (χ1) is 11.7. The summed E-state index contributed by atoms with van der Waals surface area (Å²) in [5.74, 6) is 0. The molecule has 0 amide bonds. The van der Waals surface area contributed by atoms with Gasteiger partial charge in [0, 0.05) is 0 Å². The van der Waals surface area contributed by atoms with Crippen LogP contribution in [0.4, 0.5) is 0 Å². The molecule has 0 aromatic carbocycles. The molecule has 0 aliphatic rings. The molecular weight excluding hydrogens is 312 g/mol. The third kappa shape index (κ3) is 8.33. The summed E-state index contributed by atoms with van der Waals surface area (Å²) in [7, 11) is 0. The minimum atomic E-state index is -0.917. The lowest BCUT2D eigenvalue weighted by Gasteiger charge is -2.34. The van der Waals surface area contributed by atoms with E-state index < -0.39 is 24.4 Å². The molecule has 0 spiro atoms. The largest absolute Gasteiger partial charge is 0.394 e. The van der Waals surface area contributed by atoms with Crippen molar-refractivity contribution in [2.45, 2.75) is 24.4 Å². The predicted molar refractivity (Wildman–Crippen MR) is 92.9 cm³/mol. The van der Waals surface area contributed by atoms with Crippen LogP contribution in [0.2, 0.25) is 0 Å². The number of hydrogen-bond acceptors (Lipinski definition) is 6. The van der Waals surface area contributed by atoms with Crippen LogP contribution < -0.4 is 0 Å². The SMILES string of the molecule is C=CCO[C@@H]([C@H](OCC=C)[C@@H](CO)OCC=C)[C@H](C=O)OCC=C. The molecule has 24 heavy (non-hydrogen) atoms. The minimum absolute atomic E-state index is 0.169. The number of aldehydes is 1. The number of hydrogen-bond donors (Lipinski definition) is 1. The maximum absolute atomic E-state index is 11.5. The van der Waals surface area contributed by atoms with Gasteiger partial charge in [0.1, 0.15) is 24.4 Å². The smallest absolute Gasteiger partial charge is 0.151 e. The molecule has 136 valence electrons. The maximum atomic E-state index is 11.5. The minimum Gasteiger partial charge on any atom is -0.394 e. The van der Waals surface area contributed by atoms with Gasteiger partial charge in [-0.3, -0.25) is 0 Å². The first-order valence-electron chi connectivity index (χ1n) is 7.66. The Morgan fingerprint density at radius 2 is 1.21 bits per heavy atom. The van der Waals surface area contributed by atoms with Crippen molar-refractivity contribution in [3.05, 3.63) is 50.6 Å². The van der Waals surface area contributed by atoms with E-state index in [1.807, 2.05) is 0 Å². The Morgan fingerprint density at radius 1 is 0.750 bits per heavy atom. The van der Waals surface area contributed by atoms with Crippen LogP contribution in [-0.4, -0.2) is 68.8 Å². The number of aliphatic hydroxyl groups is 1. The van der Waals surface area contributed by atoms with Crippen LogP contribution in [-0.2, 0) is 23.7 Å². The van der Waals surface area contributed by atoms with Crippen molar-refractivity contribution in [2.24, 2.45) is 0 Å². The Balaban J connectivity index is 5.42. The molecule has 0 aliphatic heterocycles. The lowest BCUT2D eigenvalue weighted by Crippen LogP contribution is -2.51. The predicted octanol–water partition coefficient (Wildman–Crippen LogP) is 1.46. The fourth-order valence-corrected chi connectivity index (χ4v) is 1.98. The molecule has 0 unspecified atom stereocenters. The first kappa shape index (κ1) is 22.4. The fraction of sp³-hybridized carbons (Fsp3) is 0.500. The average molecular weight is 340 g/mol. The molecule has 6 nitrogen and oxygen atoms in total. The molecule has 0 aromatic heterocycles. The normalized spacial score (nSPS) is 15.7. The first-order valence-corrected chi connectivity index (χ1v) is 7.66. The van der Waals surface area contributed by atoms with Gasteiger partial charge in [0.25, 0.3) is 0 Å². The van der Waals surface area contributed by atoms with Gasteiger partial charge in [0.2, 0.25) is 0 Å². The van der Waals surface area contributed by atoms with Crippen LogP contribution in [0.1, 0.15) is 0 Å². The number of carbonyl (C=O) groups is 1. The summed E-state index contributed by atoms with van der Waals surface area (Å²) in [6.07, 6.45) is 3.60. The van der Waals surface area contributed by atoms with Crippen LogP contribution in [0.3, 0.4) is 0 Å². The highest BCUT2D eigenvalue weighted by Gasteiger charge is 2.37. The summed E-state index contributed by atoms with van der Waals surface area (Å²) in [5.41, 5.74) is 0. The molecule has 0 bridgehead atoms. The Hall–Kier alpha value is -1.57. The highest BCUT2D eigenvalue weighted by Crippen LogP contribution is 2.18. The van der Waals surface area contributed by atoms with Gasteiger partial charge >= 0.3 is 0 Å². The Morgan fingerprint density at radius 3 is 1.67 bits per heavy atom. The van der Waals surface area contributed by atoms with E-state index in [0.717, 1.165) is 0 Å². The Bertz CT molecular complexity index is 382. The van der Waals surface area contributed by atoms with E-state index in [2.05, 4.69) is 26.3 Å². The van der Waals surface area contributed by atoms with Gasteiger partial charge in [-0.1, -0.05) is 24.3 Å². The van der Waals surface area contributed by atoms with Crippen molar-refractivity contribution >= 4 is 6.29 Å². The third-order valence-corrected chi connectivity index (χ3v) is 2.98. The molecule has 0 rings (SSSR count). The quantitative estimate of drug-likeness (QED) is 0.319. The fourth-order valence-electron chi connectivity index (χ4n) is 1.98. The summed E-state index contributed by atoms with van der Waals surface area (Å²) in [5, 5.41) is 9.64. The number of carbonyl (C=O) groups excluding carboxylic acids is 1. The van der Waals surface area contributed by atoms with E-state index in [1.165, 1.54) is 6.08 Å². The zero-order valence-corrected chi connectivity index (χ0v) is 14.0. The van der Waals surface area contributed by atoms with Gasteiger partial charge in [0.05, 0.1) is 33.0 Å². The number of ether oxygens (including phenoxy) is 4. The van der Waals surface area contributed by atoms with Crippen LogP contribution in [0.5, 0.6) is 0 Å². The molecule has 0 aliphatic carbocycles. The summed E-state index contributed by atoms with van der Waals surface area (Å²) < 4.78 is 22.4. The van der Waals surface area contributed by atoms with E-state index in [-0.39, 0.29) is 33.0 Å². The molecular formula is C18H28O6. The highest BCUT2D eigenvalue weighted by molar-refractivity contribution is 5.57. The van der Waals surface area contributed by atoms with E-state index >= 15 is 0 Å². The molecule has 0 saturated heterocycles. The van der Waals surface area contributed by atoms with E-state index in [1.54, 1.807) is 18.2 Å². The van der Waals surface area contributed by atoms with Crippen LogP contribution in [0.15, 0.2) is 50.6 Å². The second-order valence-electron chi connectivity index (χ2n) is 4.74. The molecule has 0 radical (unpaired) electrons. The molecule has 0 saturated carbocycles. The summed E-state index contributed by atoms with van der Waals surface area (Å²) >= 11 is 0. The van der Waals surface area contributed by atoms with Gasteiger partial charge in [-0.2, -0.15) is 0 Å². The van der Waals surface area contributed by atoms with Gasteiger partial charge in [-0.05, 0) is 0 Å². The standard InChI is InChI=1S/C18H28O6/c1-5-9-21-15(13-19)17(23-11-7-3)18(24-12-8-4)16(14-20)22-10-6-2/h5-8,13,15-18,20H,1-4,9-12,14H2/t15-,16+,17+,18+/m0/s1. The van der Waals surface area contributed by atoms with Crippen LogP contribution in [0.25, 0.3) is 0 Å². The monoisotopic (exact) mass is 340 g/mol. The Labute approximate surface area is 144 Å². The summed E-state index contributed by atoms with van der Waals surface area (Å²) in [6, 6.07) is 0. The van der Waals surface area contributed by atoms with Gasteiger partial charge in [0.15, 0.2) is 6.29 Å².